The predicted octanol–water partition coefficient (Wildman–Crippen LogP) is 3.65. The van der Waals surface area contributed by atoms with Crippen LogP contribution in [0, 0.1) is 5.92 Å². The van der Waals surface area contributed by atoms with Crippen molar-refractivity contribution in [1.29, 1.82) is 0 Å². The van der Waals surface area contributed by atoms with Crippen molar-refractivity contribution in [1.82, 2.24) is 14.5 Å². The van der Waals surface area contributed by atoms with Gasteiger partial charge in [-0.3, -0.25) is 14.5 Å². The molecule has 2 aliphatic rings. The molecule has 5 rings (SSSR count). The zero-order chi connectivity index (χ0) is 21.5. The van der Waals surface area contributed by atoms with Crippen molar-refractivity contribution in [2.45, 2.75) is 19.4 Å². The van der Waals surface area contributed by atoms with Gasteiger partial charge in [-0.05, 0) is 62.3 Å². The second kappa shape index (κ2) is 7.98. The molecule has 0 unspecified atom stereocenters. The van der Waals surface area contributed by atoms with Gasteiger partial charge >= 0.3 is 0 Å². The third kappa shape index (κ3) is 3.91. The molecule has 0 radical (unpaired) electrons. The fraction of sp³-hybridized carbons (Fsp3) is 0.348. The number of aryl methyl sites for hydroxylation is 1. The van der Waals surface area contributed by atoms with Crippen LogP contribution in [0.3, 0.4) is 0 Å². The van der Waals surface area contributed by atoms with Gasteiger partial charge in [-0.15, -0.1) is 0 Å². The van der Waals surface area contributed by atoms with Crippen molar-refractivity contribution in [3.05, 3.63) is 52.8 Å². The topological polar surface area (TPSA) is 76.5 Å². The molecule has 1 amide bonds. The highest BCUT2D eigenvalue weighted by atomic mass is 35.5. The summed E-state index contributed by atoms with van der Waals surface area (Å²) in [5.41, 5.74) is 3.16. The average Bonchev–Trinajstić information content (AvgIpc) is 3.07. The molecule has 1 fully saturated rings. The summed E-state index contributed by atoms with van der Waals surface area (Å²) in [4.78, 5) is 31.7. The molecule has 0 saturated carbocycles. The number of imidazole rings is 1. The van der Waals surface area contributed by atoms with Crippen molar-refractivity contribution in [2.24, 2.45) is 13.0 Å². The van der Waals surface area contributed by atoms with Crippen LogP contribution in [0.2, 0.25) is 5.02 Å². The van der Waals surface area contributed by atoms with Crippen LogP contribution in [0.25, 0.3) is 11.0 Å². The van der Waals surface area contributed by atoms with E-state index in [1.165, 1.54) is 0 Å². The predicted molar refractivity (Wildman–Crippen MR) is 119 cm³/mol. The van der Waals surface area contributed by atoms with Gasteiger partial charge in [0.05, 0.1) is 23.3 Å². The highest BCUT2D eigenvalue weighted by molar-refractivity contribution is 6.31. The summed E-state index contributed by atoms with van der Waals surface area (Å²) in [6, 6.07) is 11.0. The Kier molecular flexibility index (Phi) is 5.16. The zero-order valence-corrected chi connectivity index (χ0v) is 18.0. The highest BCUT2D eigenvalue weighted by Crippen LogP contribution is 2.31. The summed E-state index contributed by atoms with van der Waals surface area (Å²) >= 11 is 6.10. The van der Waals surface area contributed by atoms with Gasteiger partial charge in [0.15, 0.2) is 12.4 Å². The van der Waals surface area contributed by atoms with Gasteiger partial charge < -0.3 is 14.6 Å². The number of nitrogens with zero attached hydrogens (tertiary/aromatic N) is 3. The number of carbonyl (C=O) groups excluding carboxylic acids is 2. The molecular formula is C23H23ClN4O3. The molecule has 8 heteroatoms. The third-order valence-corrected chi connectivity index (χ3v) is 6.39. The van der Waals surface area contributed by atoms with Gasteiger partial charge in [0.25, 0.3) is 5.91 Å². The number of Topliss-reactive ketones (excluding diaryl/α,β-unsaturated/α-hetero) is 1. The number of fused-ring (bicyclic) bond motifs is 2. The normalized spacial score (nSPS) is 17.3. The number of rotatable bonds is 4. The summed E-state index contributed by atoms with van der Waals surface area (Å²) in [6.07, 6.45) is 1.60. The van der Waals surface area contributed by atoms with E-state index in [-0.39, 0.29) is 24.2 Å². The smallest absolute Gasteiger partial charge is 0.262 e. The third-order valence-electron chi connectivity index (χ3n) is 6.16. The molecule has 160 valence electrons. The number of amides is 1. The van der Waals surface area contributed by atoms with Crippen molar-refractivity contribution in [3.63, 3.8) is 0 Å². The van der Waals surface area contributed by atoms with E-state index in [1.807, 2.05) is 25.2 Å². The minimum absolute atomic E-state index is 0.0113. The summed E-state index contributed by atoms with van der Waals surface area (Å²) < 4.78 is 7.48. The Labute approximate surface area is 184 Å². The molecule has 0 aliphatic carbocycles. The molecule has 0 bridgehead atoms. The summed E-state index contributed by atoms with van der Waals surface area (Å²) in [7, 11) is 2.02. The number of ketones is 1. The lowest BCUT2D eigenvalue weighted by Crippen LogP contribution is -2.36. The number of benzene rings is 2. The Hall–Kier alpha value is -2.90. The van der Waals surface area contributed by atoms with Crippen molar-refractivity contribution < 1.29 is 14.3 Å². The standard InChI is InChI=1S/C23H23ClN4O3/c1-27-19-4-3-16(24)11-17(19)25-21(27)12-28-8-6-14(7-9-28)23(30)15-2-5-20-18(10-15)26-22(29)13-31-20/h2-5,10-11,14H,6-9,12-13H2,1H3,(H,26,29). The largest absolute Gasteiger partial charge is 0.482 e. The van der Waals surface area contributed by atoms with E-state index >= 15 is 0 Å². The van der Waals surface area contributed by atoms with Crippen molar-refractivity contribution in [3.8, 4) is 5.75 Å². The number of halogens is 1. The Bertz CT molecular complexity index is 1180. The second-order valence-corrected chi connectivity index (χ2v) is 8.62. The lowest BCUT2D eigenvalue weighted by molar-refractivity contribution is -0.118. The maximum absolute atomic E-state index is 13.0. The summed E-state index contributed by atoms with van der Waals surface area (Å²) in [6.45, 7) is 2.43. The Morgan fingerprint density at radius 3 is 2.84 bits per heavy atom. The fourth-order valence-electron chi connectivity index (χ4n) is 4.39. The van der Waals surface area contributed by atoms with E-state index < -0.39 is 0 Å². The van der Waals surface area contributed by atoms with Crippen LogP contribution in [-0.2, 0) is 18.4 Å². The number of carbonyl (C=O) groups is 2. The van der Waals surface area contributed by atoms with Crippen LogP contribution in [0.1, 0.15) is 29.0 Å². The maximum atomic E-state index is 13.0. The molecule has 0 spiro atoms. The van der Waals surface area contributed by atoms with Crippen LogP contribution in [0.4, 0.5) is 5.69 Å². The van der Waals surface area contributed by atoms with E-state index in [0.717, 1.165) is 49.3 Å². The van der Waals surface area contributed by atoms with Crippen LogP contribution >= 0.6 is 11.6 Å². The molecule has 7 nitrogen and oxygen atoms in total. The highest BCUT2D eigenvalue weighted by Gasteiger charge is 2.28. The number of hydrogen-bond acceptors (Lipinski definition) is 5. The maximum Gasteiger partial charge on any atom is 0.262 e. The van der Waals surface area contributed by atoms with Crippen LogP contribution in [-0.4, -0.2) is 45.8 Å². The second-order valence-electron chi connectivity index (χ2n) is 8.18. The van der Waals surface area contributed by atoms with E-state index in [9.17, 15) is 9.59 Å². The van der Waals surface area contributed by atoms with E-state index in [1.54, 1.807) is 18.2 Å². The van der Waals surface area contributed by atoms with Gasteiger partial charge in [-0.1, -0.05) is 11.6 Å². The molecule has 31 heavy (non-hydrogen) atoms. The Morgan fingerprint density at radius 1 is 1.23 bits per heavy atom. The zero-order valence-electron chi connectivity index (χ0n) is 17.2. The first-order valence-electron chi connectivity index (χ1n) is 10.4. The van der Waals surface area contributed by atoms with Crippen LogP contribution in [0.5, 0.6) is 5.75 Å². The molecule has 1 N–H and O–H groups in total. The summed E-state index contributed by atoms with van der Waals surface area (Å²) in [5, 5.41) is 3.46. The fourth-order valence-corrected chi connectivity index (χ4v) is 4.56. The van der Waals surface area contributed by atoms with Gasteiger partial charge in [0.2, 0.25) is 0 Å². The Balaban J connectivity index is 1.23. The average molecular weight is 439 g/mol. The molecule has 2 aliphatic heterocycles. The molecule has 0 atom stereocenters. The molecule has 2 aromatic carbocycles. The molecule has 1 saturated heterocycles. The molecular weight excluding hydrogens is 416 g/mol. The van der Waals surface area contributed by atoms with Crippen LogP contribution in [0.15, 0.2) is 36.4 Å². The molecule has 1 aromatic heterocycles. The van der Waals surface area contributed by atoms with E-state index in [2.05, 4.69) is 14.8 Å². The first-order chi connectivity index (χ1) is 15.0. The number of aromatic nitrogens is 2. The molecule has 3 heterocycles. The number of likely N-dealkylation sites (tertiary alicyclic amines) is 1. The minimum Gasteiger partial charge on any atom is -0.482 e. The number of nitrogens with one attached hydrogen (secondary N) is 1. The lowest BCUT2D eigenvalue weighted by atomic mass is 9.88. The van der Waals surface area contributed by atoms with Crippen LogP contribution < -0.4 is 10.1 Å². The lowest BCUT2D eigenvalue weighted by Gasteiger charge is -2.31. The number of piperidine rings is 1. The number of ether oxygens (including phenoxy) is 1. The monoisotopic (exact) mass is 438 g/mol. The Morgan fingerprint density at radius 2 is 2.03 bits per heavy atom. The molecule has 3 aromatic rings. The van der Waals surface area contributed by atoms with Crippen molar-refractivity contribution in [2.75, 3.05) is 25.0 Å². The van der Waals surface area contributed by atoms with Gasteiger partial charge in [-0.25, -0.2) is 4.98 Å². The first-order valence-corrected chi connectivity index (χ1v) is 10.8. The van der Waals surface area contributed by atoms with Crippen molar-refractivity contribution >= 4 is 40.0 Å². The van der Waals surface area contributed by atoms with Gasteiger partial charge in [0.1, 0.15) is 11.6 Å². The first kappa shape index (κ1) is 20.0. The minimum atomic E-state index is -0.199. The van der Waals surface area contributed by atoms with E-state index in [4.69, 9.17) is 21.3 Å². The SMILES string of the molecule is Cn1c(CN2CCC(C(=O)c3ccc4c(c3)NC(=O)CO4)CC2)nc2cc(Cl)ccc21. The van der Waals surface area contributed by atoms with Gasteiger partial charge in [0, 0.05) is 23.6 Å². The number of anilines is 1. The summed E-state index contributed by atoms with van der Waals surface area (Å²) in [5.74, 6) is 1.50. The number of hydrogen-bond donors (Lipinski definition) is 1. The van der Waals surface area contributed by atoms with Gasteiger partial charge in [-0.2, -0.15) is 0 Å². The van der Waals surface area contributed by atoms with E-state index in [0.29, 0.717) is 22.0 Å². The quantitative estimate of drug-likeness (QED) is 0.629.